The van der Waals surface area contributed by atoms with E-state index in [4.69, 9.17) is 8.83 Å². The van der Waals surface area contributed by atoms with Gasteiger partial charge in [-0.05, 0) is 11.6 Å². The molecule has 34 heavy (non-hydrogen) atoms. The maximum absolute atomic E-state index is 6.64. The van der Waals surface area contributed by atoms with E-state index in [2.05, 4.69) is 91.0 Å². The Morgan fingerprint density at radius 3 is 1.76 bits per heavy atom. The molecule has 2 heteroatoms. The van der Waals surface area contributed by atoms with Gasteiger partial charge in [0.2, 0.25) is 0 Å². The lowest BCUT2D eigenvalue weighted by atomic mass is 9.95. The van der Waals surface area contributed by atoms with Crippen LogP contribution in [0, 0.1) is 0 Å². The number of hydrogen-bond acceptors (Lipinski definition) is 2. The lowest BCUT2D eigenvalue weighted by Gasteiger charge is -2.09. The lowest BCUT2D eigenvalue weighted by Crippen LogP contribution is -1.85. The first-order valence-electron chi connectivity index (χ1n) is 11.5. The van der Waals surface area contributed by atoms with E-state index in [9.17, 15) is 0 Å². The predicted octanol–water partition coefficient (Wildman–Crippen LogP) is 9.33. The lowest BCUT2D eigenvalue weighted by molar-refractivity contribution is 0.602. The van der Waals surface area contributed by atoms with Crippen molar-refractivity contribution in [2.45, 2.75) is 0 Å². The van der Waals surface area contributed by atoms with Gasteiger partial charge < -0.3 is 8.83 Å². The fraction of sp³-hybridized carbons (Fsp3) is 0. The Hall–Kier alpha value is -4.56. The molecule has 0 saturated heterocycles. The third-order valence-electron chi connectivity index (χ3n) is 6.52. The summed E-state index contributed by atoms with van der Waals surface area (Å²) in [5.74, 6) is 1.76. The second-order valence-corrected chi connectivity index (χ2v) is 8.50. The van der Waals surface area contributed by atoms with E-state index in [0.29, 0.717) is 0 Å². The zero-order valence-electron chi connectivity index (χ0n) is 18.4. The zero-order valence-corrected chi connectivity index (χ0v) is 18.4. The third-order valence-corrected chi connectivity index (χ3v) is 6.52. The van der Waals surface area contributed by atoms with E-state index >= 15 is 0 Å². The van der Waals surface area contributed by atoms with E-state index in [1.807, 2.05) is 30.3 Å². The Morgan fingerprint density at radius 1 is 0.353 bits per heavy atom. The number of para-hydroxylation sites is 2. The molecule has 0 saturated carbocycles. The molecule has 2 nitrogen and oxygen atoms in total. The Bertz CT molecular complexity index is 1800. The van der Waals surface area contributed by atoms with Crippen LogP contribution in [0.3, 0.4) is 0 Å². The number of rotatable bonds is 3. The highest BCUT2D eigenvalue weighted by atomic mass is 16.3. The van der Waals surface area contributed by atoms with Gasteiger partial charge in [0.15, 0.2) is 0 Å². The van der Waals surface area contributed by atoms with E-state index in [-0.39, 0.29) is 0 Å². The molecule has 0 aliphatic rings. The SMILES string of the molecule is c1ccc(-c2oc(-c3ccccc3-c3cccc4c3oc3ccccc34)c3ccccc23)cc1. The highest BCUT2D eigenvalue weighted by molar-refractivity contribution is 6.11. The summed E-state index contributed by atoms with van der Waals surface area (Å²) in [6, 6.07) is 41.7. The van der Waals surface area contributed by atoms with Crippen molar-refractivity contribution in [1.82, 2.24) is 0 Å². The fourth-order valence-electron chi connectivity index (χ4n) is 4.97. The van der Waals surface area contributed by atoms with Crippen LogP contribution in [0.1, 0.15) is 0 Å². The first-order chi connectivity index (χ1) is 16.9. The second kappa shape index (κ2) is 7.50. The Morgan fingerprint density at radius 2 is 0.941 bits per heavy atom. The summed E-state index contributed by atoms with van der Waals surface area (Å²) in [5, 5.41) is 4.47. The summed E-state index contributed by atoms with van der Waals surface area (Å²) in [7, 11) is 0. The van der Waals surface area contributed by atoms with Crippen molar-refractivity contribution in [2.24, 2.45) is 0 Å². The van der Waals surface area contributed by atoms with Crippen molar-refractivity contribution in [3.8, 4) is 33.8 Å². The molecule has 7 rings (SSSR count). The van der Waals surface area contributed by atoms with Crippen LogP contribution in [0.2, 0.25) is 0 Å². The molecule has 0 bridgehead atoms. The molecule has 2 heterocycles. The minimum atomic E-state index is 0.873. The summed E-state index contributed by atoms with van der Waals surface area (Å²) in [6.07, 6.45) is 0. The molecule has 0 fully saturated rings. The molecule has 0 aliphatic carbocycles. The highest BCUT2D eigenvalue weighted by Crippen LogP contribution is 2.44. The average molecular weight is 437 g/mol. The number of hydrogen-bond donors (Lipinski definition) is 0. The molecule has 160 valence electrons. The first kappa shape index (κ1) is 19.0. The topological polar surface area (TPSA) is 26.3 Å². The standard InChI is InChI=1S/C32H20O2/c1-2-11-21(12-3-1)30-27-16-6-7-17-28(27)32(34-30)24-15-5-4-13-22(24)25-18-10-19-26-23-14-8-9-20-29(23)33-31(25)26/h1-20H. The molecule has 0 atom stereocenters. The van der Waals surface area contributed by atoms with Crippen LogP contribution in [0.25, 0.3) is 66.5 Å². The van der Waals surface area contributed by atoms with Crippen LogP contribution >= 0.6 is 0 Å². The molecule has 0 N–H and O–H groups in total. The van der Waals surface area contributed by atoms with E-state index in [1.54, 1.807) is 0 Å². The molecule has 0 aliphatic heterocycles. The van der Waals surface area contributed by atoms with Gasteiger partial charge in [0.25, 0.3) is 0 Å². The predicted molar refractivity (Wildman–Crippen MR) is 140 cm³/mol. The summed E-state index contributed by atoms with van der Waals surface area (Å²) >= 11 is 0. The number of fused-ring (bicyclic) bond motifs is 4. The van der Waals surface area contributed by atoms with Crippen LogP contribution in [-0.4, -0.2) is 0 Å². The third kappa shape index (κ3) is 2.82. The van der Waals surface area contributed by atoms with Crippen molar-refractivity contribution in [3.63, 3.8) is 0 Å². The molecule has 0 radical (unpaired) electrons. The molecule has 7 aromatic rings. The van der Waals surface area contributed by atoms with E-state index in [1.165, 1.54) is 0 Å². The zero-order chi connectivity index (χ0) is 22.5. The summed E-state index contributed by atoms with van der Waals surface area (Å²) < 4.78 is 13.0. The largest absolute Gasteiger partial charge is 0.455 e. The summed E-state index contributed by atoms with van der Waals surface area (Å²) in [6.45, 7) is 0. The van der Waals surface area contributed by atoms with Crippen LogP contribution in [0.15, 0.2) is 130 Å². The number of benzene rings is 5. The summed E-state index contributed by atoms with van der Waals surface area (Å²) in [5.41, 5.74) is 6.07. The molecule has 5 aromatic carbocycles. The minimum Gasteiger partial charge on any atom is -0.455 e. The maximum atomic E-state index is 6.64. The van der Waals surface area contributed by atoms with Crippen molar-refractivity contribution in [2.75, 3.05) is 0 Å². The summed E-state index contributed by atoms with van der Waals surface area (Å²) in [4.78, 5) is 0. The molecule has 0 amide bonds. The van der Waals surface area contributed by atoms with Crippen molar-refractivity contribution >= 4 is 32.7 Å². The Kier molecular flexibility index (Phi) is 4.18. The smallest absolute Gasteiger partial charge is 0.143 e. The maximum Gasteiger partial charge on any atom is 0.143 e. The van der Waals surface area contributed by atoms with Gasteiger partial charge in [-0.2, -0.15) is 0 Å². The molecular formula is C32H20O2. The van der Waals surface area contributed by atoms with Crippen molar-refractivity contribution < 1.29 is 8.83 Å². The van der Waals surface area contributed by atoms with Gasteiger partial charge in [0, 0.05) is 38.2 Å². The molecule has 2 aromatic heterocycles. The van der Waals surface area contributed by atoms with Gasteiger partial charge in [0.1, 0.15) is 22.7 Å². The minimum absolute atomic E-state index is 0.873. The quantitative estimate of drug-likeness (QED) is 0.276. The molecular weight excluding hydrogens is 416 g/mol. The Balaban J connectivity index is 1.52. The van der Waals surface area contributed by atoms with Gasteiger partial charge in [-0.15, -0.1) is 0 Å². The Labute approximate surface area is 196 Å². The van der Waals surface area contributed by atoms with Crippen LogP contribution in [-0.2, 0) is 0 Å². The van der Waals surface area contributed by atoms with Gasteiger partial charge >= 0.3 is 0 Å². The van der Waals surface area contributed by atoms with E-state index in [0.717, 1.165) is 66.5 Å². The van der Waals surface area contributed by atoms with Crippen LogP contribution in [0.4, 0.5) is 0 Å². The number of furan rings is 2. The second-order valence-electron chi connectivity index (χ2n) is 8.50. The first-order valence-corrected chi connectivity index (χ1v) is 11.5. The molecule has 0 unspecified atom stereocenters. The van der Waals surface area contributed by atoms with Crippen LogP contribution < -0.4 is 0 Å². The van der Waals surface area contributed by atoms with Crippen molar-refractivity contribution in [1.29, 1.82) is 0 Å². The van der Waals surface area contributed by atoms with Crippen molar-refractivity contribution in [3.05, 3.63) is 121 Å². The monoisotopic (exact) mass is 436 g/mol. The van der Waals surface area contributed by atoms with Gasteiger partial charge in [-0.25, -0.2) is 0 Å². The van der Waals surface area contributed by atoms with Gasteiger partial charge in [-0.1, -0.05) is 115 Å². The van der Waals surface area contributed by atoms with Gasteiger partial charge in [-0.3, -0.25) is 0 Å². The molecule has 0 spiro atoms. The normalized spacial score (nSPS) is 11.5. The fourth-order valence-corrected chi connectivity index (χ4v) is 4.97. The average Bonchev–Trinajstić information content (AvgIpc) is 3.48. The highest BCUT2D eigenvalue weighted by Gasteiger charge is 2.20. The van der Waals surface area contributed by atoms with Gasteiger partial charge in [0.05, 0.1) is 0 Å². The van der Waals surface area contributed by atoms with E-state index < -0.39 is 0 Å². The van der Waals surface area contributed by atoms with Crippen LogP contribution in [0.5, 0.6) is 0 Å².